The van der Waals surface area contributed by atoms with E-state index in [0.29, 0.717) is 33.3 Å². The predicted molar refractivity (Wildman–Crippen MR) is 134 cm³/mol. The molecular formula is C22H28BrClFN5O3S. The molecule has 186 valence electrons. The van der Waals surface area contributed by atoms with Crippen molar-refractivity contribution in [3.8, 4) is 0 Å². The molecule has 4 rings (SSSR count). The van der Waals surface area contributed by atoms with Crippen LogP contribution in [0.3, 0.4) is 0 Å². The van der Waals surface area contributed by atoms with Gasteiger partial charge in [-0.1, -0.05) is 30.3 Å². The maximum atomic E-state index is 15.0. The van der Waals surface area contributed by atoms with Crippen molar-refractivity contribution >= 4 is 62.1 Å². The molecule has 2 aromatic heterocycles. The first-order valence-electron chi connectivity index (χ1n) is 11.2. The Morgan fingerprint density at radius 2 is 2.06 bits per heavy atom. The monoisotopic (exact) mass is 575 g/mol. The number of carbonyl (C=O) groups excluding carboxylic acids is 1. The number of aliphatic hydroxyl groups excluding tert-OH is 1. The van der Waals surface area contributed by atoms with Crippen LogP contribution in [0, 0.1) is 5.82 Å². The zero-order valence-corrected chi connectivity index (χ0v) is 22.8. The van der Waals surface area contributed by atoms with Crippen LogP contribution in [0.1, 0.15) is 47.5 Å². The Kier molecular flexibility index (Phi) is 7.21. The van der Waals surface area contributed by atoms with Crippen molar-refractivity contribution in [2.75, 3.05) is 17.2 Å². The van der Waals surface area contributed by atoms with Gasteiger partial charge in [0.05, 0.1) is 29.6 Å². The maximum Gasteiger partial charge on any atom is 0.410 e. The smallest absolute Gasteiger partial charge is 0.410 e. The minimum absolute atomic E-state index is 0.0686. The summed E-state index contributed by atoms with van der Waals surface area (Å²) in [4.78, 5) is 30.0. The molecule has 1 N–H and O–H groups in total. The molecule has 2 bridgehead atoms. The number of piperazine rings is 1. The summed E-state index contributed by atoms with van der Waals surface area (Å²) in [5.74, 6) is 0.442. The Hall–Kier alpha value is -1.43. The number of aliphatic hydroxyl groups is 1. The van der Waals surface area contributed by atoms with Gasteiger partial charge in [-0.2, -0.15) is 0 Å². The molecule has 0 saturated carbocycles. The average molecular weight is 577 g/mol. The summed E-state index contributed by atoms with van der Waals surface area (Å²) >= 11 is 10.8. The van der Waals surface area contributed by atoms with Crippen molar-refractivity contribution in [2.24, 2.45) is 0 Å². The highest BCUT2D eigenvalue weighted by Crippen LogP contribution is 2.42. The second-order valence-corrected chi connectivity index (χ2v) is 11.9. The van der Waals surface area contributed by atoms with Crippen molar-refractivity contribution in [1.29, 1.82) is 0 Å². The number of hydrogen-bond acceptors (Lipinski definition) is 8. The molecule has 0 unspecified atom stereocenters. The van der Waals surface area contributed by atoms with Crippen LogP contribution < -0.4 is 4.90 Å². The third-order valence-corrected chi connectivity index (χ3v) is 7.57. The van der Waals surface area contributed by atoms with Gasteiger partial charge in [0.25, 0.3) is 0 Å². The molecule has 8 nitrogen and oxygen atoms in total. The van der Waals surface area contributed by atoms with E-state index in [4.69, 9.17) is 21.3 Å². The Labute approximate surface area is 215 Å². The van der Waals surface area contributed by atoms with E-state index >= 15 is 4.39 Å². The highest BCUT2D eigenvalue weighted by Gasteiger charge is 2.52. The number of pyridine rings is 1. The van der Waals surface area contributed by atoms with Gasteiger partial charge in [0, 0.05) is 6.54 Å². The Morgan fingerprint density at radius 3 is 2.68 bits per heavy atom. The molecule has 0 radical (unpaired) electrons. The molecule has 2 aliphatic heterocycles. The summed E-state index contributed by atoms with van der Waals surface area (Å²) in [5.41, 5.74) is -0.560. The largest absolute Gasteiger partial charge is 0.444 e. The average Bonchev–Trinajstić information content (AvgIpc) is 3.03. The van der Waals surface area contributed by atoms with Crippen LogP contribution in [0.5, 0.6) is 0 Å². The third-order valence-electron chi connectivity index (χ3n) is 6.01. The van der Waals surface area contributed by atoms with Crippen molar-refractivity contribution < 1.29 is 19.0 Å². The van der Waals surface area contributed by atoms with Crippen molar-refractivity contribution in [3.63, 3.8) is 0 Å². The zero-order chi connectivity index (χ0) is 24.9. The van der Waals surface area contributed by atoms with Crippen LogP contribution in [-0.2, 0) is 4.74 Å². The zero-order valence-electron chi connectivity index (χ0n) is 19.7. The van der Waals surface area contributed by atoms with E-state index < -0.39 is 23.6 Å². The van der Waals surface area contributed by atoms with Gasteiger partial charge in [-0.15, -0.1) is 0 Å². The van der Waals surface area contributed by atoms with Crippen LogP contribution in [0.2, 0.25) is 5.15 Å². The van der Waals surface area contributed by atoms with Crippen LogP contribution in [-0.4, -0.2) is 73.2 Å². The first-order valence-corrected chi connectivity index (χ1v) is 13.4. The summed E-state index contributed by atoms with van der Waals surface area (Å²) in [6.45, 7) is 9.56. The standard InChI is InChI=1S/C22H28BrClFN5O3S/c1-6-34-20-26-15-13(17(23)27-18(24)14(15)25)19(28-20)29-9-11-7-8-12(16(29)10(2)31)30(11)21(32)33-22(3,4)5/h10-12,16,31H,6-9H2,1-5H3/t10-,11+,12-,16+/m0/s1. The van der Waals surface area contributed by atoms with Crippen LogP contribution >= 0.6 is 39.3 Å². The Bertz CT molecular complexity index is 1120. The number of anilines is 1. The number of thioether (sulfide) groups is 1. The molecule has 4 atom stereocenters. The topological polar surface area (TPSA) is 91.7 Å². The van der Waals surface area contributed by atoms with E-state index in [1.165, 1.54) is 11.8 Å². The summed E-state index contributed by atoms with van der Waals surface area (Å²) in [6.07, 6.45) is 0.295. The summed E-state index contributed by atoms with van der Waals surface area (Å²) < 4.78 is 21.0. The van der Waals surface area contributed by atoms with Gasteiger partial charge in [-0.05, 0) is 62.2 Å². The Balaban J connectivity index is 1.84. The fourth-order valence-corrected chi connectivity index (χ4v) is 6.24. The molecule has 4 heterocycles. The van der Waals surface area contributed by atoms with Crippen molar-refractivity contribution in [1.82, 2.24) is 19.9 Å². The van der Waals surface area contributed by atoms with Crippen LogP contribution in [0.4, 0.5) is 15.0 Å². The fourth-order valence-electron chi connectivity index (χ4n) is 4.86. The van der Waals surface area contributed by atoms with Gasteiger partial charge in [-0.25, -0.2) is 24.1 Å². The van der Waals surface area contributed by atoms with Gasteiger partial charge in [0.1, 0.15) is 21.5 Å². The van der Waals surface area contributed by atoms with Gasteiger partial charge >= 0.3 is 6.09 Å². The summed E-state index contributed by atoms with van der Waals surface area (Å²) in [6, 6.07) is -0.898. The lowest BCUT2D eigenvalue weighted by Crippen LogP contribution is -2.65. The van der Waals surface area contributed by atoms with E-state index in [1.807, 2.05) is 32.6 Å². The maximum absolute atomic E-state index is 15.0. The number of aromatic nitrogens is 3. The molecule has 0 aromatic carbocycles. The predicted octanol–water partition coefficient (Wildman–Crippen LogP) is 5.03. The van der Waals surface area contributed by atoms with Gasteiger partial charge in [-0.3, -0.25) is 4.90 Å². The SMILES string of the molecule is CCSc1nc(N2C[C@H]3CC[C@@H]([C@H]2[C@H](C)O)N3C(=O)OC(C)(C)C)c2c(Br)nc(Cl)c(F)c2n1. The van der Waals surface area contributed by atoms with Crippen molar-refractivity contribution in [2.45, 2.75) is 82.4 Å². The van der Waals surface area contributed by atoms with Crippen LogP contribution in [0.15, 0.2) is 9.76 Å². The number of carbonyl (C=O) groups is 1. The second-order valence-electron chi connectivity index (χ2n) is 9.56. The lowest BCUT2D eigenvalue weighted by atomic mass is 9.97. The first kappa shape index (κ1) is 25.7. The number of ether oxygens (including phenoxy) is 1. The molecule has 2 fully saturated rings. The molecular weight excluding hydrogens is 549 g/mol. The highest BCUT2D eigenvalue weighted by molar-refractivity contribution is 9.10. The highest BCUT2D eigenvalue weighted by atomic mass is 79.9. The Morgan fingerprint density at radius 1 is 1.35 bits per heavy atom. The van der Waals surface area contributed by atoms with E-state index in [-0.39, 0.29) is 28.8 Å². The molecule has 34 heavy (non-hydrogen) atoms. The minimum atomic E-state index is -0.801. The van der Waals surface area contributed by atoms with Gasteiger partial charge in [0.15, 0.2) is 16.1 Å². The number of nitrogens with zero attached hydrogens (tertiary/aromatic N) is 5. The molecule has 12 heteroatoms. The number of hydrogen-bond donors (Lipinski definition) is 1. The number of rotatable bonds is 4. The van der Waals surface area contributed by atoms with Gasteiger partial charge in [0.2, 0.25) is 0 Å². The van der Waals surface area contributed by atoms with E-state index in [9.17, 15) is 9.90 Å². The van der Waals surface area contributed by atoms with E-state index in [2.05, 4.69) is 25.9 Å². The summed E-state index contributed by atoms with van der Waals surface area (Å²) in [7, 11) is 0. The quantitative estimate of drug-likeness (QED) is 0.308. The second kappa shape index (κ2) is 9.55. The number of fused-ring (bicyclic) bond motifs is 3. The van der Waals surface area contributed by atoms with E-state index in [1.54, 1.807) is 11.8 Å². The van der Waals surface area contributed by atoms with Crippen LogP contribution in [0.25, 0.3) is 10.9 Å². The fraction of sp³-hybridized carbons (Fsp3) is 0.636. The van der Waals surface area contributed by atoms with Gasteiger partial charge < -0.3 is 14.7 Å². The third kappa shape index (κ3) is 4.68. The lowest BCUT2D eigenvalue weighted by molar-refractivity contribution is -0.00111. The molecule has 1 amide bonds. The normalized spacial score (nSPS) is 23.5. The molecule has 0 spiro atoms. The summed E-state index contributed by atoms with van der Waals surface area (Å²) in [5, 5.41) is 11.4. The lowest BCUT2D eigenvalue weighted by Gasteiger charge is -2.48. The molecule has 2 aliphatic rings. The first-order chi connectivity index (χ1) is 15.9. The number of halogens is 3. The minimum Gasteiger partial charge on any atom is -0.444 e. The van der Waals surface area contributed by atoms with E-state index in [0.717, 1.165) is 12.8 Å². The van der Waals surface area contributed by atoms with Crippen molar-refractivity contribution in [3.05, 3.63) is 15.6 Å². The molecule has 2 saturated heterocycles. The number of amides is 1. The molecule has 2 aromatic rings. The molecule has 0 aliphatic carbocycles.